The zero-order valence-electron chi connectivity index (χ0n) is 32.2. The minimum atomic E-state index is -1.40. The van der Waals surface area contributed by atoms with Gasteiger partial charge in [-0.25, -0.2) is 9.78 Å². The number of rotatable bonds is 15. The second-order valence-corrected chi connectivity index (χ2v) is 13.9. The Hall–Kier alpha value is -6.22. The molecular formula is C43H45N5O9. The summed E-state index contributed by atoms with van der Waals surface area (Å²) in [6.07, 6.45) is -4.67. The molecule has 1 aliphatic rings. The highest BCUT2D eigenvalue weighted by atomic mass is 16.6. The highest BCUT2D eigenvalue weighted by molar-refractivity contribution is 5.72. The molecule has 7 rings (SSSR count). The number of anilines is 1. The SMILES string of the molecule is COc1ccc(C(c2ccccc2)(c2ccc(OC)cc2)C(OC(=O)COc2ccccc2)[C@H]2O[C@@H](n3cnc4c(=O)[nH]c(NC(C)C)nc43)[C@H](OC)[C@@H]2O)cc1. The molecule has 0 bridgehead atoms. The molecule has 0 aliphatic carbocycles. The minimum absolute atomic E-state index is 0.0361. The summed E-state index contributed by atoms with van der Waals surface area (Å²) in [5.74, 6) is 1.21. The van der Waals surface area contributed by atoms with Crippen molar-refractivity contribution in [3.63, 3.8) is 0 Å². The quantitative estimate of drug-likeness (QED) is 0.0917. The molecule has 2 aromatic heterocycles. The summed E-state index contributed by atoms with van der Waals surface area (Å²) in [5.41, 5.74) is 0.560. The average molecular weight is 776 g/mol. The van der Waals surface area contributed by atoms with Crippen LogP contribution < -0.4 is 25.1 Å². The zero-order chi connectivity index (χ0) is 40.1. The van der Waals surface area contributed by atoms with Gasteiger partial charge in [-0.15, -0.1) is 0 Å². The van der Waals surface area contributed by atoms with Gasteiger partial charge in [-0.3, -0.25) is 14.3 Å². The number of para-hydroxylation sites is 1. The number of hydrogen-bond donors (Lipinski definition) is 3. The van der Waals surface area contributed by atoms with E-state index in [1.54, 1.807) is 43.1 Å². The number of carbonyl (C=O) groups is 1. The van der Waals surface area contributed by atoms with Crippen LogP contribution >= 0.6 is 0 Å². The van der Waals surface area contributed by atoms with Crippen molar-refractivity contribution in [1.82, 2.24) is 19.5 Å². The molecule has 3 heterocycles. The minimum Gasteiger partial charge on any atom is -0.497 e. The van der Waals surface area contributed by atoms with Gasteiger partial charge >= 0.3 is 5.97 Å². The molecule has 1 fully saturated rings. The highest BCUT2D eigenvalue weighted by Gasteiger charge is 2.58. The van der Waals surface area contributed by atoms with Gasteiger partial charge in [-0.2, -0.15) is 4.98 Å². The van der Waals surface area contributed by atoms with Crippen LogP contribution in [0, 0.1) is 0 Å². The van der Waals surface area contributed by atoms with Crippen LogP contribution in [0.1, 0.15) is 36.8 Å². The highest BCUT2D eigenvalue weighted by Crippen LogP contribution is 2.49. The number of esters is 1. The predicted octanol–water partition coefficient (Wildman–Crippen LogP) is 5.26. The number of imidazole rings is 1. The van der Waals surface area contributed by atoms with Crippen LogP contribution in [-0.2, 0) is 24.4 Å². The van der Waals surface area contributed by atoms with Gasteiger partial charge in [0, 0.05) is 13.2 Å². The van der Waals surface area contributed by atoms with Crippen molar-refractivity contribution in [3.8, 4) is 17.2 Å². The summed E-state index contributed by atoms with van der Waals surface area (Å²) in [7, 11) is 4.61. The Balaban J connectivity index is 1.43. The molecule has 14 heteroatoms. The monoisotopic (exact) mass is 775 g/mol. The third kappa shape index (κ3) is 7.66. The maximum Gasteiger partial charge on any atom is 0.344 e. The molecule has 0 spiro atoms. The second kappa shape index (κ2) is 16.9. The van der Waals surface area contributed by atoms with Gasteiger partial charge in [0.1, 0.15) is 41.7 Å². The molecule has 57 heavy (non-hydrogen) atoms. The standard InChI is InChI=1S/C43H45N5O9/c1-26(2)45-42-46-39-34(40(51)47-42)44-25-48(39)41-37(54-5)35(50)36(57-41)38(56-33(49)24-55-32-14-10-7-11-15-32)43(27-12-8-6-9-13-27,28-16-20-30(52-3)21-17-28)29-18-22-31(53-4)23-19-29/h6-23,25-26,35-38,41,50H,24H2,1-5H3,(H2,45,46,47,51)/t35-,36+,37-,38?,41-/m1/s1. The van der Waals surface area contributed by atoms with E-state index in [-0.39, 0.29) is 23.2 Å². The summed E-state index contributed by atoms with van der Waals surface area (Å²) in [4.78, 5) is 39.1. The summed E-state index contributed by atoms with van der Waals surface area (Å²) < 4.78 is 38.0. The van der Waals surface area contributed by atoms with Crippen molar-refractivity contribution < 1.29 is 38.3 Å². The van der Waals surface area contributed by atoms with Gasteiger partial charge in [-0.1, -0.05) is 72.8 Å². The lowest BCUT2D eigenvalue weighted by Crippen LogP contribution is -2.55. The van der Waals surface area contributed by atoms with Gasteiger partial charge in [0.25, 0.3) is 5.56 Å². The van der Waals surface area contributed by atoms with E-state index in [1.807, 2.05) is 98.8 Å². The van der Waals surface area contributed by atoms with E-state index in [1.165, 1.54) is 13.4 Å². The first-order valence-corrected chi connectivity index (χ1v) is 18.5. The number of aromatic amines is 1. The first-order chi connectivity index (χ1) is 27.7. The number of aromatic nitrogens is 4. The largest absolute Gasteiger partial charge is 0.497 e. The number of nitrogens with one attached hydrogen (secondary N) is 2. The smallest absolute Gasteiger partial charge is 0.344 e. The number of H-pyrrole nitrogens is 1. The third-order valence-corrected chi connectivity index (χ3v) is 10.1. The Bertz CT molecular complexity index is 2270. The Morgan fingerprint density at radius 1 is 0.860 bits per heavy atom. The summed E-state index contributed by atoms with van der Waals surface area (Å²) >= 11 is 0. The number of nitrogens with zero attached hydrogens (tertiary/aromatic N) is 3. The van der Waals surface area contributed by atoms with E-state index < -0.39 is 54.2 Å². The lowest BCUT2D eigenvalue weighted by atomic mass is 9.64. The Kier molecular flexibility index (Phi) is 11.6. The van der Waals surface area contributed by atoms with Crippen LogP contribution in [0.25, 0.3) is 11.2 Å². The molecular weight excluding hydrogens is 730 g/mol. The number of benzene rings is 4. The summed E-state index contributed by atoms with van der Waals surface area (Å²) in [5, 5.41) is 15.6. The second-order valence-electron chi connectivity index (χ2n) is 13.9. The molecule has 1 saturated heterocycles. The van der Waals surface area contributed by atoms with Gasteiger partial charge in [0.2, 0.25) is 5.95 Å². The fourth-order valence-electron chi connectivity index (χ4n) is 7.50. The van der Waals surface area contributed by atoms with E-state index >= 15 is 0 Å². The van der Waals surface area contributed by atoms with Crippen LogP contribution in [0.15, 0.2) is 120 Å². The maximum absolute atomic E-state index is 14.2. The van der Waals surface area contributed by atoms with Gasteiger partial charge in [0.15, 0.2) is 24.0 Å². The van der Waals surface area contributed by atoms with Crippen molar-refractivity contribution in [2.24, 2.45) is 0 Å². The lowest BCUT2D eigenvalue weighted by molar-refractivity contribution is -0.169. The van der Waals surface area contributed by atoms with Gasteiger partial charge in [0.05, 0.1) is 26.0 Å². The van der Waals surface area contributed by atoms with Gasteiger partial charge in [-0.05, 0) is 66.9 Å². The topological polar surface area (TPSA) is 168 Å². The summed E-state index contributed by atoms with van der Waals surface area (Å²) in [6.45, 7) is 3.39. The first kappa shape index (κ1) is 39.0. The maximum atomic E-state index is 14.2. The number of methoxy groups -OCH3 is 3. The van der Waals surface area contributed by atoms with Gasteiger partial charge < -0.3 is 38.8 Å². The molecule has 4 aromatic carbocycles. The van der Waals surface area contributed by atoms with Crippen LogP contribution in [0.2, 0.25) is 0 Å². The lowest BCUT2D eigenvalue weighted by Gasteiger charge is -2.44. The molecule has 0 saturated carbocycles. The molecule has 6 aromatic rings. The van der Waals surface area contributed by atoms with E-state index in [4.69, 9.17) is 28.4 Å². The predicted molar refractivity (Wildman–Crippen MR) is 212 cm³/mol. The molecule has 296 valence electrons. The Morgan fingerprint density at radius 2 is 1.44 bits per heavy atom. The van der Waals surface area contributed by atoms with Crippen LogP contribution in [0.5, 0.6) is 17.2 Å². The fraction of sp³-hybridized carbons (Fsp3) is 0.302. The van der Waals surface area contributed by atoms with Crippen molar-refractivity contribution in [3.05, 3.63) is 143 Å². The molecule has 1 aliphatic heterocycles. The van der Waals surface area contributed by atoms with Crippen molar-refractivity contribution >= 4 is 23.1 Å². The van der Waals surface area contributed by atoms with E-state index in [0.29, 0.717) is 28.4 Å². The van der Waals surface area contributed by atoms with Crippen LogP contribution in [-0.4, -0.2) is 89.0 Å². The zero-order valence-corrected chi connectivity index (χ0v) is 32.2. The number of fused-ring (bicyclic) bond motifs is 1. The van der Waals surface area contributed by atoms with Crippen molar-refractivity contribution in [2.45, 2.75) is 55.9 Å². The first-order valence-electron chi connectivity index (χ1n) is 18.5. The fourth-order valence-corrected chi connectivity index (χ4v) is 7.50. The number of aliphatic hydroxyl groups is 1. The van der Waals surface area contributed by atoms with E-state index in [9.17, 15) is 14.7 Å². The van der Waals surface area contributed by atoms with Crippen LogP contribution in [0.3, 0.4) is 0 Å². The Labute approximate surface area is 329 Å². The number of ether oxygens (including phenoxy) is 6. The van der Waals surface area contributed by atoms with Crippen molar-refractivity contribution in [1.29, 1.82) is 0 Å². The number of aliphatic hydroxyl groups excluding tert-OH is 1. The van der Waals surface area contributed by atoms with Crippen LogP contribution in [0.4, 0.5) is 5.95 Å². The number of carbonyl (C=O) groups excluding carboxylic acids is 1. The normalized spacial score (nSPS) is 18.6. The Morgan fingerprint density at radius 3 is 2.00 bits per heavy atom. The molecule has 1 unspecified atom stereocenters. The number of hydrogen-bond acceptors (Lipinski definition) is 12. The van der Waals surface area contributed by atoms with Crippen molar-refractivity contribution in [2.75, 3.05) is 33.3 Å². The molecule has 5 atom stereocenters. The summed E-state index contributed by atoms with van der Waals surface area (Å²) in [6, 6.07) is 33.3. The molecule has 14 nitrogen and oxygen atoms in total. The average Bonchev–Trinajstić information content (AvgIpc) is 3.81. The molecule has 0 radical (unpaired) electrons. The van der Waals surface area contributed by atoms with E-state index in [0.717, 1.165) is 5.56 Å². The third-order valence-electron chi connectivity index (χ3n) is 10.1. The molecule has 3 N–H and O–H groups in total. The van der Waals surface area contributed by atoms with E-state index in [2.05, 4.69) is 20.3 Å². The molecule has 0 amide bonds.